The first-order valence-electron chi connectivity index (χ1n) is 5.70. The van der Waals surface area contributed by atoms with Crippen molar-refractivity contribution < 1.29 is 9.53 Å². The maximum atomic E-state index is 11.2. The molecule has 15 heavy (non-hydrogen) atoms. The van der Waals surface area contributed by atoms with Gasteiger partial charge in [0.25, 0.3) is 0 Å². The first-order chi connectivity index (χ1) is 7.13. The van der Waals surface area contributed by atoms with Crippen molar-refractivity contribution in [3.63, 3.8) is 0 Å². The van der Waals surface area contributed by atoms with Crippen LogP contribution in [0.3, 0.4) is 0 Å². The third-order valence-electron chi connectivity index (χ3n) is 2.89. The summed E-state index contributed by atoms with van der Waals surface area (Å²) in [6.07, 6.45) is 3.59. The minimum absolute atomic E-state index is 0.193. The summed E-state index contributed by atoms with van der Waals surface area (Å²) in [6, 6.07) is 0.735. The number of rotatable bonds is 5. The monoisotopic (exact) mass is 214 g/mol. The van der Waals surface area contributed by atoms with Gasteiger partial charge in [0, 0.05) is 12.1 Å². The predicted molar refractivity (Wildman–Crippen MR) is 59.7 cm³/mol. The molecule has 0 bridgehead atoms. The van der Waals surface area contributed by atoms with Crippen molar-refractivity contribution >= 4 is 5.97 Å². The summed E-state index contributed by atoms with van der Waals surface area (Å²) < 4.78 is 4.67. The summed E-state index contributed by atoms with van der Waals surface area (Å²) in [7, 11) is 1.42. The van der Waals surface area contributed by atoms with Crippen LogP contribution in [-0.4, -0.2) is 37.7 Å². The standard InChI is InChI=1S/C11H22N2O2/c1-8(7-10-5-4-6-12-10)13-9(2)11(14)15-3/h8-10,12-13H,4-7H2,1-3H3. The van der Waals surface area contributed by atoms with Crippen molar-refractivity contribution in [1.82, 2.24) is 10.6 Å². The summed E-state index contributed by atoms with van der Waals surface area (Å²) in [5.41, 5.74) is 0. The van der Waals surface area contributed by atoms with Crippen LogP contribution in [0.2, 0.25) is 0 Å². The summed E-state index contributed by atoms with van der Waals surface area (Å²) in [6.45, 7) is 5.08. The van der Waals surface area contributed by atoms with Crippen molar-refractivity contribution in [3.05, 3.63) is 0 Å². The number of ether oxygens (including phenoxy) is 1. The second-order valence-corrected chi connectivity index (χ2v) is 4.34. The van der Waals surface area contributed by atoms with Gasteiger partial charge < -0.3 is 15.4 Å². The van der Waals surface area contributed by atoms with E-state index in [4.69, 9.17) is 0 Å². The Morgan fingerprint density at radius 2 is 2.33 bits per heavy atom. The van der Waals surface area contributed by atoms with E-state index in [0.29, 0.717) is 12.1 Å². The van der Waals surface area contributed by atoms with Crippen molar-refractivity contribution in [2.75, 3.05) is 13.7 Å². The highest BCUT2D eigenvalue weighted by molar-refractivity contribution is 5.75. The fourth-order valence-electron chi connectivity index (χ4n) is 2.12. The molecular formula is C11H22N2O2. The highest BCUT2D eigenvalue weighted by Crippen LogP contribution is 2.11. The van der Waals surface area contributed by atoms with Crippen molar-refractivity contribution in [2.24, 2.45) is 0 Å². The van der Waals surface area contributed by atoms with E-state index in [0.717, 1.165) is 13.0 Å². The van der Waals surface area contributed by atoms with Gasteiger partial charge >= 0.3 is 5.97 Å². The zero-order valence-corrected chi connectivity index (χ0v) is 9.88. The Balaban J connectivity index is 2.22. The molecule has 1 saturated heterocycles. The van der Waals surface area contributed by atoms with E-state index in [9.17, 15) is 4.79 Å². The maximum Gasteiger partial charge on any atom is 0.322 e. The Labute approximate surface area is 91.8 Å². The molecule has 88 valence electrons. The Hall–Kier alpha value is -0.610. The summed E-state index contributed by atoms with van der Waals surface area (Å²) in [5.74, 6) is -0.193. The number of hydrogen-bond donors (Lipinski definition) is 2. The zero-order valence-electron chi connectivity index (χ0n) is 9.88. The third kappa shape index (κ3) is 4.18. The van der Waals surface area contributed by atoms with Gasteiger partial charge in [0.2, 0.25) is 0 Å². The molecule has 0 aromatic carbocycles. The van der Waals surface area contributed by atoms with E-state index in [1.54, 1.807) is 0 Å². The quantitative estimate of drug-likeness (QED) is 0.660. The first-order valence-corrected chi connectivity index (χ1v) is 5.70. The van der Waals surface area contributed by atoms with Crippen LogP contribution in [0.25, 0.3) is 0 Å². The highest BCUT2D eigenvalue weighted by atomic mass is 16.5. The molecule has 0 radical (unpaired) electrons. The lowest BCUT2D eigenvalue weighted by atomic mass is 10.1. The van der Waals surface area contributed by atoms with Gasteiger partial charge in [-0.25, -0.2) is 0 Å². The summed E-state index contributed by atoms with van der Waals surface area (Å²) in [5, 5.41) is 6.69. The first kappa shape index (κ1) is 12.5. The molecule has 3 atom stereocenters. The number of hydrogen-bond acceptors (Lipinski definition) is 4. The largest absolute Gasteiger partial charge is 0.468 e. The van der Waals surface area contributed by atoms with Gasteiger partial charge in [0.05, 0.1) is 7.11 Å². The average molecular weight is 214 g/mol. The number of nitrogens with one attached hydrogen (secondary N) is 2. The number of carbonyl (C=O) groups is 1. The Kier molecular flexibility index (Phi) is 5.05. The van der Waals surface area contributed by atoms with Crippen LogP contribution in [0.4, 0.5) is 0 Å². The average Bonchev–Trinajstić information content (AvgIpc) is 2.68. The Bertz CT molecular complexity index is 203. The molecule has 0 aromatic rings. The molecule has 4 heteroatoms. The lowest BCUT2D eigenvalue weighted by Crippen LogP contribution is -2.43. The maximum absolute atomic E-state index is 11.2. The second-order valence-electron chi connectivity index (χ2n) is 4.34. The van der Waals surface area contributed by atoms with Crippen LogP contribution in [0.5, 0.6) is 0 Å². The lowest BCUT2D eigenvalue weighted by molar-refractivity contribution is -0.142. The van der Waals surface area contributed by atoms with E-state index in [2.05, 4.69) is 22.3 Å². The molecule has 2 N–H and O–H groups in total. The molecule has 3 unspecified atom stereocenters. The van der Waals surface area contributed by atoms with Gasteiger partial charge in [-0.1, -0.05) is 0 Å². The molecule has 0 amide bonds. The molecule has 1 aliphatic rings. The van der Waals surface area contributed by atoms with Crippen molar-refractivity contribution in [2.45, 2.75) is 51.2 Å². The van der Waals surface area contributed by atoms with Crippen LogP contribution in [-0.2, 0) is 9.53 Å². The van der Waals surface area contributed by atoms with Crippen LogP contribution in [0.15, 0.2) is 0 Å². The molecule has 4 nitrogen and oxygen atoms in total. The molecule has 1 fully saturated rings. The van der Waals surface area contributed by atoms with Crippen LogP contribution in [0, 0.1) is 0 Å². The number of methoxy groups -OCH3 is 1. The van der Waals surface area contributed by atoms with Gasteiger partial charge in [-0.05, 0) is 39.7 Å². The van der Waals surface area contributed by atoms with E-state index < -0.39 is 0 Å². The fraction of sp³-hybridized carbons (Fsp3) is 0.909. The van der Waals surface area contributed by atoms with E-state index in [1.807, 2.05) is 6.92 Å². The van der Waals surface area contributed by atoms with Crippen molar-refractivity contribution in [1.29, 1.82) is 0 Å². The number of esters is 1. The van der Waals surface area contributed by atoms with E-state index >= 15 is 0 Å². The molecule has 0 spiro atoms. The van der Waals surface area contributed by atoms with Gasteiger partial charge in [-0.2, -0.15) is 0 Å². The van der Waals surface area contributed by atoms with E-state index in [1.165, 1.54) is 20.0 Å². The van der Waals surface area contributed by atoms with Crippen molar-refractivity contribution in [3.8, 4) is 0 Å². The van der Waals surface area contributed by atoms with Gasteiger partial charge in [-0.3, -0.25) is 4.79 Å². The van der Waals surface area contributed by atoms with E-state index in [-0.39, 0.29) is 12.0 Å². The minimum Gasteiger partial charge on any atom is -0.468 e. The SMILES string of the molecule is COC(=O)C(C)NC(C)CC1CCCN1. The molecule has 1 heterocycles. The molecule has 1 rings (SSSR count). The van der Waals surface area contributed by atoms with Crippen LogP contribution < -0.4 is 10.6 Å². The summed E-state index contributed by atoms with van der Waals surface area (Å²) in [4.78, 5) is 11.2. The Morgan fingerprint density at radius 3 is 2.87 bits per heavy atom. The van der Waals surface area contributed by atoms with Gasteiger partial charge in [0.15, 0.2) is 0 Å². The molecule has 0 saturated carbocycles. The van der Waals surface area contributed by atoms with Gasteiger partial charge in [-0.15, -0.1) is 0 Å². The topological polar surface area (TPSA) is 50.4 Å². The summed E-state index contributed by atoms with van der Waals surface area (Å²) >= 11 is 0. The molecule has 1 aliphatic heterocycles. The smallest absolute Gasteiger partial charge is 0.322 e. The minimum atomic E-state index is -0.216. The fourth-order valence-corrected chi connectivity index (χ4v) is 2.12. The predicted octanol–water partition coefficient (Wildman–Crippen LogP) is 0.668. The molecule has 0 aromatic heterocycles. The zero-order chi connectivity index (χ0) is 11.3. The van der Waals surface area contributed by atoms with Crippen LogP contribution in [0.1, 0.15) is 33.1 Å². The molecule has 0 aliphatic carbocycles. The second kappa shape index (κ2) is 6.08. The van der Waals surface area contributed by atoms with Crippen LogP contribution >= 0.6 is 0 Å². The lowest BCUT2D eigenvalue weighted by Gasteiger charge is -2.21. The normalized spacial score (nSPS) is 24.9. The Morgan fingerprint density at radius 1 is 1.60 bits per heavy atom. The highest BCUT2D eigenvalue weighted by Gasteiger charge is 2.20. The molecular weight excluding hydrogens is 192 g/mol. The third-order valence-corrected chi connectivity index (χ3v) is 2.89. The number of carbonyl (C=O) groups excluding carboxylic acids is 1. The van der Waals surface area contributed by atoms with Gasteiger partial charge in [0.1, 0.15) is 6.04 Å².